The number of rotatable bonds is 6. The summed E-state index contributed by atoms with van der Waals surface area (Å²) in [6.07, 6.45) is 0. The van der Waals surface area contributed by atoms with Crippen molar-refractivity contribution < 1.29 is 13.2 Å². The third-order valence-corrected chi connectivity index (χ3v) is 6.29. The molecule has 3 rings (SSSR count). The molecule has 6 heteroatoms. The second-order valence-electron chi connectivity index (χ2n) is 6.17. The number of nitrogens with one attached hydrogen (secondary N) is 1. The monoisotopic (exact) mass is 445 g/mol. The molecule has 4 nitrogen and oxygen atoms in total. The number of sulfonamides is 1. The van der Waals surface area contributed by atoms with Gasteiger partial charge < -0.3 is 4.74 Å². The molecule has 1 unspecified atom stereocenters. The number of aryl methyl sites for hydroxylation is 1. The van der Waals surface area contributed by atoms with Crippen molar-refractivity contribution in [2.45, 2.75) is 17.9 Å². The number of hydrogen-bond donors (Lipinski definition) is 1. The van der Waals surface area contributed by atoms with Gasteiger partial charge in [-0.1, -0.05) is 60.2 Å². The largest absolute Gasteiger partial charge is 0.496 e. The lowest BCUT2D eigenvalue weighted by Crippen LogP contribution is -2.29. The molecule has 3 aromatic rings. The van der Waals surface area contributed by atoms with Gasteiger partial charge >= 0.3 is 0 Å². The van der Waals surface area contributed by atoms with Crippen LogP contribution in [0, 0.1) is 6.92 Å². The lowest BCUT2D eigenvalue weighted by Gasteiger charge is -2.20. The fourth-order valence-electron chi connectivity index (χ4n) is 2.77. The minimum Gasteiger partial charge on any atom is -0.496 e. The Morgan fingerprint density at radius 3 is 2.15 bits per heavy atom. The Kier molecular flexibility index (Phi) is 5.99. The zero-order valence-electron chi connectivity index (χ0n) is 15.0. The summed E-state index contributed by atoms with van der Waals surface area (Å²) in [6.45, 7) is 2.00. The summed E-state index contributed by atoms with van der Waals surface area (Å²) in [5.41, 5.74) is 2.87. The zero-order chi connectivity index (χ0) is 19.4. The van der Waals surface area contributed by atoms with E-state index in [1.807, 2.05) is 61.5 Å². The van der Waals surface area contributed by atoms with Crippen molar-refractivity contribution in [3.05, 3.63) is 94.0 Å². The smallest absolute Gasteiger partial charge is 0.241 e. The summed E-state index contributed by atoms with van der Waals surface area (Å²) >= 11 is 3.35. The van der Waals surface area contributed by atoms with Crippen molar-refractivity contribution >= 4 is 26.0 Å². The molecule has 1 atom stereocenters. The molecule has 0 aliphatic heterocycles. The number of benzene rings is 3. The maximum atomic E-state index is 13.0. The van der Waals surface area contributed by atoms with Gasteiger partial charge in [0.25, 0.3) is 0 Å². The van der Waals surface area contributed by atoms with Crippen LogP contribution in [0.1, 0.15) is 22.7 Å². The van der Waals surface area contributed by atoms with E-state index in [-0.39, 0.29) is 4.90 Å². The highest BCUT2D eigenvalue weighted by molar-refractivity contribution is 9.10. The summed E-state index contributed by atoms with van der Waals surface area (Å²) < 4.78 is 34.7. The lowest BCUT2D eigenvalue weighted by molar-refractivity contribution is 0.411. The van der Waals surface area contributed by atoms with Crippen LogP contribution in [-0.2, 0) is 10.0 Å². The van der Waals surface area contributed by atoms with Gasteiger partial charge in [0.05, 0.1) is 22.5 Å². The Morgan fingerprint density at radius 2 is 1.56 bits per heavy atom. The van der Waals surface area contributed by atoms with E-state index in [0.717, 1.165) is 16.7 Å². The van der Waals surface area contributed by atoms with Crippen molar-refractivity contribution in [3.8, 4) is 5.75 Å². The molecule has 0 bridgehead atoms. The van der Waals surface area contributed by atoms with E-state index in [2.05, 4.69) is 20.7 Å². The molecule has 0 aromatic heterocycles. The Hall–Kier alpha value is -2.15. The van der Waals surface area contributed by atoms with Gasteiger partial charge in [-0.3, -0.25) is 0 Å². The molecule has 0 radical (unpaired) electrons. The Labute approximate surface area is 168 Å². The van der Waals surface area contributed by atoms with E-state index in [9.17, 15) is 8.42 Å². The Balaban J connectivity index is 2.00. The highest BCUT2D eigenvalue weighted by Crippen LogP contribution is 2.29. The van der Waals surface area contributed by atoms with E-state index < -0.39 is 16.1 Å². The fraction of sp³-hybridized carbons (Fsp3) is 0.143. The van der Waals surface area contributed by atoms with Crippen LogP contribution >= 0.6 is 15.9 Å². The van der Waals surface area contributed by atoms with Crippen molar-refractivity contribution in [3.63, 3.8) is 0 Å². The van der Waals surface area contributed by atoms with Gasteiger partial charge in [-0.15, -0.1) is 0 Å². The van der Waals surface area contributed by atoms with Crippen LogP contribution in [0.15, 0.2) is 82.2 Å². The second kappa shape index (κ2) is 8.25. The van der Waals surface area contributed by atoms with Gasteiger partial charge in [-0.25, -0.2) is 8.42 Å². The van der Waals surface area contributed by atoms with Gasteiger partial charge in [0, 0.05) is 0 Å². The average molecular weight is 446 g/mol. The molecule has 140 valence electrons. The second-order valence-corrected chi connectivity index (χ2v) is 8.74. The molecule has 0 saturated carbocycles. The van der Waals surface area contributed by atoms with E-state index >= 15 is 0 Å². The van der Waals surface area contributed by atoms with Crippen LogP contribution in [-0.4, -0.2) is 15.5 Å². The molecular formula is C21H20BrNO3S. The van der Waals surface area contributed by atoms with Gasteiger partial charge in [0.2, 0.25) is 10.0 Å². The van der Waals surface area contributed by atoms with Gasteiger partial charge in [0.1, 0.15) is 5.75 Å². The molecule has 0 saturated heterocycles. The topological polar surface area (TPSA) is 55.4 Å². The molecule has 0 fully saturated rings. The van der Waals surface area contributed by atoms with Crippen LogP contribution in [0.2, 0.25) is 0 Å². The first-order valence-corrected chi connectivity index (χ1v) is 10.7. The molecule has 0 heterocycles. The van der Waals surface area contributed by atoms with Gasteiger partial charge in [0.15, 0.2) is 0 Å². The van der Waals surface area contributed by atoms with E-state index in [1.54, 1.807) is 12.1 Å². The third kappa shape index (κ3) is 4.58. The third-order valence-electron chi connectivity index (χ3n) is 4.25. The average Bonchev–Trinajstić information content (AvgIpc) is 2.67. The highest BCUT2D eigenvalue weighted by Gasteiger charge is 2.23. The maximum Gasteiger partial charge on any atom is 0.241 e. The zero-order valence-corrected chi connectivity index (χ0v) is 17.4. The van der Waals surface area contributed by atoms with Crippen LogP contribution < -0.4 is 9.46 Å². The first-order valence-electron chi connectivity index (χ1n) is 8.38. The predicted molar refractivity (Wildman–Crippen MR) is 110 cm³/mol. The van der Waals surface area contributed by atoms with E-state index in [4.69, 9.17) is 4.74 Å². The van der Waals surface area contributed by atoms with Crippen molar-refractivity contribution in [1.29, 1.82) is 0 Å². The van der Waals surface area contributed by atoms with Crippen LogP contribution in [0.3, 0.4) is 0 Å². The quantitative estimate of drug-likeness (QED) is 0.590. The molecule has 0 aliphatic carbocycles. The summed E-state index contributed by atoms with van der Waals surface area (Å²) in [7, 11) is -2.21. The molecule has 0 aliphatic rings. The molecule has 3 aromatic carbocycles. The lowest BCUT2D eigenvalue weighted by atomic mass is 9.99. The first-order chi connectivity index (χ1) is 12.9. The summed E-state index contributed by atoms with van der Waals surface area (Å²) in [6, 6.07) is 21.6. The summed E-state index contributed by atoms with van der Waals surface area (Å²) in [5, 5.41) is 0. The first kappa shape index (κ1) is 19.6. The molecule has 27 heavy (non-hydrogen) atoms. The van der Waals surface area contributed by atoms with Crippen molar-refractivity contribution in [2.24, 2.45) is 0 Å². The standard InChI is InChI=1S/C21H20BrNO3S/c1-15-8-10-17(11-9-15)21(16-6-4-3-5-7-16)23-27(24,25)18-12-13-20(26-2)19(22)14-18/h3-14,21,23H,1-2H3. The molecule has 1 N–H and O–H groups in total. The SMILES string of the molecule is COc1ccc(S(=O)(=O)NC(c2ccccc2)c2ccc(C)cc2)cc1Br. The maximum absolute atomic E-state index is 13.0. The predicted octanol–water partition coefficient (Wildman–Crippen LogP) is 4.83. The van der Waals surface area contributed by atoms with Gasteiger partial charge in [-0.05, 0) is 52.2 Å². The summed E-state index contributed by atoms with van der Waals surface area (Å²) in [5.74, 6) is 0.576. The van der Waals surface area contributed by atoms with Crippen molar-refractivity contribution in [2.75, 3.05) is 7.11 Å². The number of halogens is 1. The van der Waals surface area contributed by atoms with E-state index in [1.165, 1.54) is 13.2 Å². The number of methoxy groups -OCH3 is 1. The molecule has 0 spiro atoms. The molecule has 0 amide bonds. The minimum absolute atomic E-state index is 0.170. The van der Waals surface area contributed by atoms with E-state index in [0.29, 0.717) is 10.2 Å². The fourth-order valence-corrected chi connectivity index (χ4v) is 4.70. The normalized spacial score (nSPS) is 12.6. The highest BCUT2D eigenvalue weighted by atomic mass is 79.9. The molecular weight excluding hydrogens is 426 g/mol. The number of hydrogen-bond acceptors (Lipinski definition) is 3. The Bertz CT molecular complexity index is 1020. The van der Waals surface area contributed by atoms with Crippen LogP contribution in [0.25, 0.3) is 0 Å². The van der Waals surface area contributed by atoms with Gasteiger partial charge in [-0.2, -0.15) is 4.72 Å². The minimum atomic E-state index is -3.75. The summed E-state index contributed by atoms with van der Waals surface area (Å²) in [4.78, 5) is 0.170. The number of ether oxygens (including phenoxy) is 1. The van der Waals surface area contributed by atoms with Crippen LogP contribution in [0.4, 0.5) is 0 Å². The van der Waals surface area contributed by atoms with Crippen LogP contribution in [0.5, 0.6) is 5.75 Å². The Morgan fingerprint density at radius 1 is 0.926 bits per heavy atom. The van der Waals surface area contributed by atoms with Crippen molar-refractivity contribution in [1.82, 2.24) is 4.72 Å².